The van der Waals surface area contributed by atoms with E-state index in [1.807, 2.05) is 13.8 Å². The van der Waals surface area contributed by atoms with Gasteiger partial charge in [-0.3, -0.25) is 9.59 Å². The van der Waals surface area contributed by atoms with Crippen molar-refractivity contribution in [2.24, 2.45) is 11.7 Å². The molecule has 1 aromatic carbocycles. The van der Waals surface area contributed by atoms with Gasteiger partial charge in [0.1, 0.15) is 18.7 Å². The number of aromatic nitrogens is 3. The number of rotatable bonds is 7. The second-order valence-electron chi connectivity index (χ2n) is 6.34. The van der Waals surface area contributed by atoms with Gasteiger partial charge in [0.25, 0.3) is 0 Å². The molecule has 1 unspecified atom stereocenters. The lowest BCUT2D eigenvalue weighted by molar-refractivity contribution is -0.119. The molecule has 25 heavy (non-hydrogen) atoms. The monoisotopic (exact) mass is 344 g/mol. The van der Waals surface area contributed by atoms with Crippen molar-refractivity contribution >= 4 is 23.2 Å². The highest BCUT2D eigenvalue weighted by atomic mass is 16.2. The Kier molecular flexibility index (Phi) is 6.24. The highest BCUT2D eigenvalue weighted by Gasteiger charge is 2.16. The van der Waals surface area contributed by atoms with Crippen LogP contribution in [0.25, 0.3) is 0 Å². The number of carbonyl (C=O) groups is 2. The van der Waals surface area contributed by atoms with E-state index in [-0.39, 0.29) is 11.8 Å². The molecule has 8 nitrogen and oxygen atoms in total. The van der Waals surface area contributed by atoms with Crippen molar-refractivity contribution in [3.05, 3.63) is 36.9 Å². The summed E-state index contributed by atoms with van der Waals surface area (Å²) in [4.78, 5) is 28.0. The largest absolute Gasteiger partial charge is 0.325 e. The number of carbonyl (C=O) groups excluding carboxylic acids is 2. The lowest BCUT2D eigenvalue weighted by atomic mass is 10.0. The van der Waals surface area contributed by atoms with E-state index < -0.39 is 12.1 Å². The second-order valence-corrected chi connectivity index (χ2v) is 6.34. The van der Waals surface area contributed by atoms with E-state index in [2.05, 4.69) is 20.7 Å². The predicted molar refractivity (Wildman–Crippen MR) is 95.9 cm³/mol. The summed E-state index contributed by atoms with van der Waals surface area (Å²) in [5, 5.41) is 9.52. The summed E-state index contributed by atoms with van der Waals surface area (Å²) < 4.78 is 1.47. The summed E-state index contributed by atoms with van der Waals surface area (Å²) in [6.07, 6.45) is 3.49. The van der Waals surface area contributed by atoms with Crippen LogP contribution in [0.3, 0.4) is 0 Å². The maximum Gasteiger partial charge on any atom is 0.249 e. The van der Waals surface area contributed by atoms with Crippen LogP contribution < -0.4 is 16.4 Å². The van der Waals surface area contributed by atoms with E-state index in [4.69, 9.17) is 5.73 Å². The van der Waals surface area contributed by atoms with Crippen molar-refractivity contribution < 1.29 is 9.59 Å². The molecule has 134 valence electrons. The molecule has 0 aliphatic carbocycles. The molecular formula is C17H24N6O2. The molecule has 0 aliphatic heterocycles. The molecular weight excluding hydrogens is 320 g/mol. The fourth-order valence-electron chi connectivity index (χ4n) is 2.27. The molecule has 0 aliphatic rings. The first-order valence-electron chi connectivity index (χ1n) is 8.18. The maximum atomic E-state index is 12.2. The molecule has 0 saturated carbocycles. The fourth-order valence-corrected chi connectivity index (χ4v) is 2.27. The van der Waals surface area contributed by atoms with Crippen molar-refractivity contribution in [3.8, 4) is 0 Å². The van der Waals surface area contributed by atoms with E-state index in [0.29, 0.717) is 23.7 Å². The van der Waals surface area contributed by atoms with Crippen molar-refractivity contribution in [3.63, 3.8) is 0 Å². The fraction of sp³-hybridized carbons (Fsp3) is 0.412. The Hall–Kier alpha value is -2.74. The molecule has 2 amide bonds. The van der Waals surface area contributed by atoms with Crippen molar-refractivity contribution in [1.29, 1.82) is 0 Å². The van der Waals surface area contributed by atoms with E-state index in [9.17, 15) is 9.59 Å². The molecule has 1 heterocycles. The molecule has 8 heteroatoms. The van der Waals surface area contributed by atoms with Gasteiger partial charge in [-0.25, -0.2) is 9.67 Å². The van der Waals surface area contributed by atoms with Crippen LogP contribution in [0, 0.1) is 5.92 Å². The van der Waals surface area contributed by atoms with Crippen LogP contribution in [0.15, 0.2) is 36.9 Å². The Morgan fingerprint density at radius 3 is 2.12 bits per heavy atom. The molecule has 2 rings (SSSR count). The molecule has 0 spiro atoms. The summed E-state index contributed by atoms with van der Waals surface area (Å²) in [6.45, 7) is 5.77. The SMILES string of the molecule is CC(C)C[C@H](N)C(=O)Nc1ccc(NC(=O)C(C)n2cncn2)cc1. The first-order valence-corrected chi connectivity index (χ1v) is 8.18. The normalized spacial score (nSPS) is 13.3. The van der Waals surface area contributed by atoms with Gasteiger partial charge < -0.3 is 16.4 Å². The summed E-state index contributed by atoms with van der Waals surface area (Å²) >= 11 is 0. The molecule has 2 aromatic rings. The van der Waals surface area contributed by atoms with Crippen LogP contribution in [0.1, 0.15) is 33.2 Å². The number of hydrogen-bond donors (Lipinski definition) is 3. The van der Waals surface area contributed by atoms with Gasteiger partial charge >= 0.3 is 0 Å². The Morgan fingerprint density at radius 1 is 1.08 bits per heavy atom. The van der Waals surface area contributed by atoms with E-state index >= 15 is 0 Å². The van der Waals surface area contributed by atoms with Gasteiger partial charge in [0.2, 0.25) is 11.8 Å². The van der Waals surface area contributed by atoms with Gasteiger partial charge in [-0.15, -0.1) is 0 Å². The van der Waals surface area contributed by atoms with Crippen LogP contribution >= 0.6 is 0 Å². The van der Waals surface area contributed by atoms with Crippen LogP contribution in [0.2, 0.25) is 0 Å². The summed E-state index contributed by atoms with van der Waals surface area (Å²) in [5.74, 6) is -0.0724. The average molecular weight is 344 g/mol. The quantitative estimate of drug-likeness (QED) is 0.708. The number of amides is 2. The van der Waals surface area contributed by atoms with Crippen molar-refractivity contribution in [2.75, 3.05) is 10.6 Å². The molecule has 0 saturated heterocycles. The summed E-state index contributed by atoms with van der Waals surface area (Å²) in [7, 11) is 0. The first kappa shape index (κ1) is 18.6. The smallest absolute Gasteiger partial charge is 0.249 e. The highest BCUT2D eigenvalue weighted by Crippen LogP contribution is 2.16. The lowest BCUT2D eigenvalue weighted by Gasteiger charge is -2.15. The average Bonchev–Trinajstić information content (AvgIpc) is 3.09. The predicted octanol–water partition coefficient (Wildman–Crippen LogP) is 1.79. The second kappa shape index (κ2) is 8.39. The molecule has 0 radical (unpaired) electrons. The zero-order chi connectivity index (χ0) is 18.4. The molecule has 4 N–H and O–H groups in total. The zero-order valence-corrected chi connectivity index (χ0v) is 14.6. The van der Waals surface area contributed by atoms with Gasteiger partial charge in [0, 0.05) is 11.4 Å². The van der Waals surface area contributed by atoms with Crippen LogP contribution in [0.4, 0.5) is 11.4 Å². The molecule has 0 bridgehead atoms. The number of benzene rings is 1. The Balaban J connectivity index is 1.91. The molecule has 0 fully saturated rings. The summed E-state index contributed by atoms with van der Waals surface area (Å²) in [6, 6.07) is 5.86. The number of nitrogens with one attached hydrogen (secondary N) is 2. The van der Waals surface area contributed by atoms with Crippen LogP contribution in [-0.2, 0) is 9.59 Å². The minimum atomic E-state index is -0.539. The third-order valence-corrected chi connectivity index (χ3v) is 3.69. The minimum Gasteiger partial charge on any atom is -0.325 e. The number of anilines is 2. The number of hydrogen-bond acceptors (Lipinski definition) is 5. The van der Waals surface area contributed by atoms with Gasteiger partial charge in [-0.1, -0.05) is 13.8 Å². The zero-order valence-electron chi connectivity index (χ0n) is 14.6. The van der Waals surface area contributed by atoms with Gasteiger partial charge in [0.15, 0.2) is 0 Å². The van der Waals surface area contributed by atoms with Gasteiger partial charge in [-0.05, 0) is 43.5 Å². The van der Waals surface area contributed by atoms with E-state index in [1.54, 1.807) is 31.2 Å². The number of nitrogens with zero attached hydrogens (tertiary/aromatic N) is 3. The Labute approximate surface area is 146 Å². The summed E-state index contributed by atoms with van der Waals surface area (Å²) in [5.41, 5.74) is 7.12. The standard InChI is InChI=1S/C17H24N6O2/c1-11(2)8-15(18)17(25)22-14-6-4-13(5-7-14)21-16(24)12(3)23-10-19-9-20-23/h4-7,9-12,15H,8,18H2,1-3H3,(H,21,24)(H,22,25)/t12?,15-/m0/s1. The molecule has 2 atom stereocenters. The first-order chi connectivity index (χ1) is 11.9. The highest BCUT2D eigenvalue weighted by molar-refractivity contribution is 5.96. The third-order valence-electron chi connectivity index (χ3n) is 3.69. The third kappa shape index (κ3) is 5.39. The van der Waals surface area contributed by atoms with Crippen molar-refractivity contribution in [2.45, 2.75) is 39.3 Å². The minimum absolute atomic E-state index is 0.207. The van der Waals surface area contributed by atoms with Gasteiger partial charge in [-0.2, -0.15) is 5.10 Å². The van der Waals surface area contributed by atoms with Crippen LogP contribution in [0.5, 0.6) is 0 Å². The maximum absolute atomic E-state index is 12.2. The van der Waals surface area contributed by atoms with E-state index in [0.717, 1.165) is 0 Å². The van der Waals surface area contributed by atoms with Crippen LogP contribution in [-0.4, -0.2) is 32.6 Å². The molecule has 1 aromatic heterocycles. The lowest BCUT2D eigenvalue weighted by Crippen LogP contribution is -2.36. The Bertz CT molecular complexity index is 696. The van der Waals surface area contributed by atoms with E-state index in [1.165, 1.54) is 17.3 Å². The number of nitrogens with two attached hydrogens (primary N) is 1. The Morgan fingerprint density at radius 2 is 1.64 bits per heavy atom. The van der Waals surface area contributed by atoms with Crippen molar-refractivity contribution in [1.82, 2.24) is 14.8 Å². The van der Waals surface area contributed by atoms with Gasteiger partial charge in [0.05, 0.1) is 6.04 Å². The topological polar surface area (TPSA) is 115 Å².